The number of pyridine rings is 1. The number of anilines is 1. The third kappa shape index (κ3) is 2.93. The van der Waals surface area contributed by atoms with E-state index >= 15 is 0 Å². The van der Waals surface area contributed by atoms with E-state index in [4.69, 9.17) is 0 Å². The highest BCUT2D eigenvalue weighted by molar-refractivity contribution is 6.17. The van der Waals surface area contributed by atoms with Gasteiger partial charge >= 0.3 is 0 Å². The van der Waals surface area contributed by atoms with E-state index in [2.05, 4.69) is 4.98 Å². The van der Waals surface area contributed by atoms with Crippen molar-refractivity contribution >= 4 is 17.4 Å². The molecule has 3 rings (SSSR count). The first-order valence-electron chi connectivity index (χ1n) is 8.09. The summed E-state index contributed by atoms with van der Waals surface area (Å²) in [6.07, 6.45) is 3.24. The minimum atomic E-state index is -0.725. The molecule has 0 aliphatic carbocycles. The molecule has 0 saturated carbocycles. The van der Waals surface area contributed by atoms with Crippen LogP contribution in [-0.4, -0.2) is 21.8 Å². The van der Waals surface area contributed by atoms with E-state index < -0.39 is 23.1 Å². The van der Waals surface area contributed by atoms with Crippen molar-refractivity contribution in [3.05, 3.63) is 71.8 Å². The van der Waals surface area contributed by atoms with Gasteiger partial charge in [0.1, 0.15) is 0 Å². The Morgan fingerprint density at radius 3 is 2.36 bits per heavy atom. The molecule has 1 N–H and O–H groups in total. The molecule has 1 unspecified atom stereocenters. The van der Waals surface area contributed by atoms with Gasteiger partial charge in [0, 0.05) is 23.5 Å². The first kappa shape index (κ1) is 16.9. The van der Waals surface area contributed by atoms with Crippen molar-refractivity contribution in [2.24, 2.45) is 5.41 Å². The highest BCUT2D eigenvalue weighted by Gasteiger charge is 2.46. The lowest BCUT2D eigenvalue weighted by atomic mass is 9.82. The van der Waals surface area contributed by atoms with Crippen LogP contribution in [0.4, 0.5) is 5.69 Å². The predicted molar refractivity (Wildman–Crippen MR) is 95.0 cm³/mol. The van der Waals surface area contributed by atoms with Crippen LogP contribution in [0.2, 0.25) is 0 Å². The maximum absolute atomic E-state index is 13.0. The quantitative estimate of drug-likeness (QED) is 0.930. The molecule has 2 heterocycles. The highest BCUT2D eigenvalue weighted by atomic mass is 16.3. The molecule has 0 saturated heterocycles. The standard InChI is InChI=1S/C20H20N2O3/c1-20(2,3)18(24)15-16(13-8-7-11-21-12-13)22(19(25)17(15)23)14-9-5-4-6-10-14/h4-12,16,23H,1-3H3. The Kier molecular flexibility index (Phi) is 4.17. The Balaban J connectivity index is 2.19. The number of carbonyl (C=O) groups is 2. The molecule has 1 atom stereocenters. The summed E-state index contributed by atoms with van der Waals surface area (Å²) in [7, 11) is 0. The zero-order chi connectivity index (χ0) is 18.2. The van der Waals surface area contributed by atoms with Crippen molar-refractivity contribution in [2.45, 2.75) is 26.8 Å². The number of aromatic nitrogens is 1. The monoisotopic (exact) mass is 336 g/mol. The number of Topliss-reactive ketones (excluding diaryl/α,β-unsaturated/α-hetero) is 1. The second kappa shape index (κ2) is 6.16. The maximum atomic E-state index is 13.0. The molecule has 0 radical (unpaired) electrons. The Labute approximate surface area is 146 Å². The number of hydrogen-bond donors (Lipinski definition) is 1. The maximum Gasteiger partial charge on any atom is 0.294 e. The number of para-hydroxylation sites is 1. The van der Waals surface area contributed by atoms with Crippen LogP contribution in [0.3, 0.4) is 0 Å². The van der Waals surface area contributed by atoms with E-state index in [1.807, 2.05) is 18.2 Å². The molecule has 0 fully saturated rings. The predicted octanol–water partition coefficient (Wildman–Crippen LogP) is 3.60. The van der Waals surface area contributed by atoms with Crippen molar-refractivity contribution in [1.82, 2.24) is 4.98 Å². The van der Waals surface area contributed by atoms with Gasteiger partial charge in [0.2, 0.25) is 0 Å². The zero-order valence-electron chi connectivity index (χ0n) is 14.4. The number of nitrogens with zero attached hydrogens (tertiary/aromatic N) is 2. The fourth-order valence-corrected chi connectivity index (χ4v) is 2.95. The van der Waals surface area contributed by atoms with Crippen molar-refractivity contribution in [3.63, 3.8) is 0 Å². The summed E-state index contributed by atoms with van der Waals surface area (Å²) in [5, 5.41) is 10.5. The number of rotatable bonds is 3. The van der Waals surface area contributed by atoms with Gasteiger partial charge in [0.25, 0.3) is 5.91 Å². The number of amides is 1. The second-order valence-electron chi connectivity index (χ2n) is 7.04. The van der Waals surface area contributed by atoms with Gasteiger partial charge < -0.3 is 5.11 Å². The van der Waals surface area contributed by atoms with E-state index in [-0.39, 0.29) is 11.4 Å². The molecular weight excluding hydrogens is 316 g/mol. The van der Waals surface area contributed by atoms with Crippen molar-refractivity contribution < 1.29 is 14.7 Å². The normalized spacial score (nSPS) is 18.0. The van der Waals surface area contributed by atoms with Crippen molar-refractivity contribution in [3.8, 4) is 0 Å². The lowest BCUT2D eigenvalue weighted by Gasteiger charge is -2.28. The van der Waals surface area contributed by atoms with E-state index in [1.54, 1.807) is 57.4 Å². The Bertz CT molecular complexity index is 836. The van der Waals surface area contributed by atoms with Crippen LogP contribution in [0.1, 0.15) is 32.4 Å². The number of carbonyl (C=O) groups excluding carboxylic acids is 2. The Morgan fingerprint density at radius 2 is 1.80 bits per heavy atom. The molecule has 5 nitrogen and oxygen atoms in total. The second-order valence-corrected chi connectivity index (χ2v) is 7.04. The van der Waals surface area contributed by atoms with Gasteiger partial charge in [-0.05, 0) is 23.8 Å². The van der Waals surface area contributed by atoms with Crippen molar-refractivity contribution in [1.29, 1.82) is 0 Å². The van der Waals surface area contributed by atoms with Gasteiger partial charge in [0.15, 0.2) is 11.5 Å². The summed E-state index contributed by atoms with van der Waals surface area (Å²) >= 11 is 0. The molecule has 5 heteroatoms. The number of hydrogen-bond acceptors (Lipinski definition) is 4. The summed E-state index contributed by atoms with van der Waals surface area (Å²) < 4.78 is 0. The number of aliphatic hydroxyl groups excluding tert-OH is 1. The molecule has 1 amide bonds. The smallest absolute Gasteiger partial charge is 0.294 e. The molecule has 1 aliphatic heterocycles. The molecule has 2 aromatic rings. The van der Waals surface area contributed by atoms with Crippen LogP contribution < -0.4 is 4.90 Å². The molecule has 1 aromatic carbocycles. The van der Waals surface area contributed by atoms with Crippen LogP contribution in [0.25, 0.3) is 0 Å². The lowest BCUT2D eigenvalue weighted by Crippen LogP contribution is -2.32. The average molecular weight is 336 g/mol. The van der Waals surface area contributed by atoms with Crippen LogP contribution in [0, 0.1) is 5.41 Å². The third-order valence-corrected chi connectivity index (χ3v) is 4.17. The number of aliphatic hydroxyl groups is 1. The molecule has 1 aliphatic rings. The summed E-state index contributed by atoms with van der Waals surface area (Å²) in [4.78, 5) is 31.3. The van der Waals surface area contributed by atoms with Gasteiger partial charge in [-0.25, -0.2) is 0 Å². The van der Waals surface area contributed by atoms with Gasteiger partial charge in [-0.3, -0.25) is 19.5 Å². The summed E-state index contributed by atoms with van der Waals surface area (Å²) in [6, 6.07) is 11.9. The summed E-state index contributed by atoms with van der Waals surface area (Å²) in [5.41, 5.74) is 0.687. The van der Waals surface area contributed by atoms with E-state index in [1.165, 1.54) is 4.90 Å². The third-order valence-electron chi connectivity index (χ3n) is 4.17. The first-order chi connectivity index (χ1) is 11.8. The summed E-state index contributed by atoms with van der Waals surface area (Å²) in [6.45, 7) is 5.31. The van der Waals surface area contributed by atoms with E-state index in [0.29, 0.717) is 11.3 Å². The van der Waals surface area contributed by atoms with Crippen LogP contribution >= 0.6 is 0 Å². The average Bonchev–Trinajstić information content (AvgIpc) is 2.86. The van der Waals surface area contributed by atoms with Gasteiger partial charge in [-0.2, -0.15) is 0 Å². The zero-order valence-corrected chi connectivity index (χ0v) is 14.4. The van der Waals surface area contributed by atoms with Crippen molar-refractivity contribution in [2.75, 3.05) is 4.90 Å². The summed E-state index contributed by atoms with van der Waals surface area (Å²) in [5.74, 6) is -1.32. The topological polar surface area (TPSA) is 70.5 Å². The fourth-order valence-electron chi connectivity index (χ4n) is 2.95. The highest BCUT2D eigenvalue weighted by Crippen LogP contribution is 2.42. The van der Waals surface area contributed by atoms with Gasteiger partial charge in [0.05, 0.1) is 11.6 Å². The van der Waals surface area contributed by atoms with E-state index in [0.717, 1.165) is 0 Å². The Morgan fingerprint density at radius 1 is 1.12 bits per heavy atom. The first-order valence-corrected chi connectivity index (χ1v) is 8.09. The molecule has 1 aromatic heterocycles. The number of ketones is 1. The lowest BCUT2D eigenvalue weighted by molar-refractivity contribution is -0.123. The molecule has 128 valence electrons. The molecule has 0 bridgehead atoms. The van der Waals surface area contributed by atoms with E-state index in [9.17, 15) is 14.7 Å². The van der Waals surface area contributed by atoms with Gasteiger partial charge in [-0.15, -0.1) is 0 Å². The molecular formula is C20H20N2O3. The minimum absolute atomic E-state index is 0.120. The van der Waals surface area contributed by atoms with Gasteiger partial charge in [-0.1, -0.05) is 45.0 Å². The fraction of sp³-hybridized carbons (Fsp3) is 0.250. The molecule has 0 spiro atoms. The van der Waals surface area contributed by atoms with Crippen LogP contribution in [0.15, 0.2) is 66.2 Å². The minimum Gasteiger partial charge on any atom is -0.503 e. The SMILES string of the molecule is CC(C)(C)C(=O)C1=C(O)C(=O)N(c2ccccc2)C1c1cccnc1. The van der Waals surface area contributed by atoms with Crippen LogP contribution in [-0.2, 0) is 9.59 Å². The Hall–Kier alpha value is -2.95. The molecule has 25 heavy (non-hydrogen) atoms. The largest absolute Gasteiger partial charge is 0.503 e. The number of benzene rings is 1. The van der Waals surface area contributed by atoms with Crippen LogP contribution in [0.5, 0.6) is 0 Å².